The molecule has 2 N–H and O–H groups in total. The third kappa shape index (κ3) is 5.83. The van der Waals surface area contributed by atoms with Crippen molar-refractivity contribution >= 4 is 35.0 Å². The second kappa shape index (κ2) is 9.13. The van der Waals surface area contributed by atoms with Crippen molar-refractivity contribution < 1.29 is 14.3 Å². The van der Waals surface area contributed by atoms with Gasteiger partial charge in [-0.25, -0.2) is 0 Å². The molecule has 1 atom stereocenters. The molecule has 0 heterocycles. The van der Waals surface area contributed by atoms with Gasteiger partial charge in [-0.05, 0) is 43.7 Å². The van der Waals surface area contributed by atoms with E-state index < -0.39 is 0 Å². The number of anilines is 2. The molecule has 2 aromatic rings. The maximum Gasteiger partial charge on any atom is 0.237 e. The molecule has 25 heavy (non-hydrogen) atoms. The van der Waals surface area contributed by atoms with Crippen LogP contribution in [0.5, 0.6) is 5.75 Å². The monoisotopic (exact) mass is 358 g/mol. The van der Waals surface area contributed by atoms with Gasteiger partial charge in [0, 0.05) is 5.69 Å². The van der Waals surface area contributed by atoms with Gasteiger partial charge in [-0.2, -0.15) is 0 Å². The van der Waals surface area contributed by atoms with Crippen molar-refractivity contribution in [1.29, 1.82) is 0 Å². The quantitative estimate of drug-likeness (QED) is 0.792. The van der Waals surface area contributed by atoms with Crippen LogP contribution in [0.15, 0.2) is 48.5 Å². The van der Waals surface area contributed by atoms with Crippen molar-refractivity contribution in [2.75, 3.05) is 23.5 Å². The molecule has 0 aliphatic carbocycles. The van der Waals surface area contributed by atoms with Crippen LogP contribution in [0.3, 0.4) is 0 Å². The summed E-state index contributed by atoms with van der Waals surface area (Å²) in [5.74, 6) is 0.504. The second-order valence-corrected chi connectivity index (χ2v) is 6.89. The first-order valence-electron chi connectivity index (χ1n) is 7.91. The van der Waals surface area contributed by atoms with Crippen molar-refractivity contribution in [3.63, 3.8) is 0 Å². The number of thioether (sulfide) groups is 1. The van der Waals surface area contributed by atoms with Crippen LogP contribution in [0.2, 0.25) is 0 Å². The highest BCUT2D eigenvalue weighted by Gasteiger charge is 2.17. The second-order valence-electron chi connectivity index (χ2n) is 5.56. The van der Waals surface area contributed by atoms with Crippen molar-refractivity contribution in [3.8, 4) is 5.75 Å². The molecule has 2 rings (SSSR count). The van der Waals surface area contributed by atoms with E-state index in [9.17, 15) is 9.59 Å². The van der Waals surface area contributed by atoms with E-state index in [1.54, 1.807) is 26.2 Å². The molecule has 0 saturated heterocycles. The number of hydrogen-bond donors (Lipinski definition) is 2. The largest absolute Gasteiger partial charge is 0.495 e. The number of carbonyl (C=O) groups is 2. The molecule has 2 amide bonds. The molecular formula is C19H22N2O3S. The minimum atomic E-state index is -0.367. The number of hydrogen-bond acceptors (Lipinski definition) is 4. The number of para-hydroxylation sites is 2. The van der Waals surface area contributed by atoms with Gasteiger partial charge < -0.3 is 15.4 Å². The summed E-state index contributed by atoms with van der Waals surface area (Å²) in [7, 11) is 1.55. The highest BCUT2D eigenvalue weighted by Crippen LogP contribution is 2.24. The van der Waals surface area contributed by atoms with Gasteiger partial charge in [-0.1, -0.05) is 24.3 Å². The zero-order valence-electron chi connectivity index (χ0n) is 14.5. The number of ether oxygens (including phenoxy) is 1. The first-order chi connectivity index (χ1) is 12.0. The van der Waals surface area contributed by atoms with Crippen LogP contribution in [0.25, 0.3) is 0 Å². The summed E-state index contributed by atoms with van der Waals surface area (Å²) in [6, 6.07) is 14.8. The number of carbonyl (C=O) groups excluding carboxylic acids is 2. The topological polar surface area (TPSA) is 67.4 Å². The Bertz CT molecular complexity index is 749. The van der Waals surface area contributed by atoms with Gasteiger partial charge in [-0.3, -0.25) is 9.59 Å². The average molecular weight is 358 g/mol. The lowest BCUT2D eigenvalue weighted by Crippen LogP contribution is -2.25. The highest BCUT2D eigenvalue weighted by atomic mass is 32.2. The average Bonchev–Trinajstić information content (AvgIpc) is 2.60. The fraction of sp³-hybridized carbons (Fsp3) is 0.263. The fourth-order valence-electron chi connectivity index (χ4n) is 2.18. The summed E-state index contributed by atoms with van der Waals surface area (Å²) < 4.78 is 5.21. The van der Waals surface area contributed by atoms with Gasteiger partial charge in [0.05, 0.1) is 23.8 Å². The molecule has 0 aliphatic rings. The minimum Gasteiger partial charge on any atom is -0.495 e. The predicted octanol–water partition coefficient (Wildman–Crippen LogP) is 3.70. The molecule has 2 aromatic carbocycles. The van der Waals surface area contributed by atoms with Crippen LogP contribution < -0.4 is 15.4 Å². The lowest BCUT2D eigenvalue weighted by Gasteiger charge is -2.14. The molecule has 0 bridgehead atoms. The van der Waals surface area contributed by atoms with Crippen LogP contribution in [-0.4, -0.2) is 29.9 Å². The third-order valence-electron chi connectivity index (χ3n) is 3.50. The van der Waals surface area contributed by atoms with E-state index in [2.05, 4.69) is 10.6 Å². The first-order valence-corrected chi connectivity index (χ1v) is 8.96. The molecule has 6 heteroatoms. The molecule has 132 valence electrons. The standard InChI is InChI=1S/C19H22N2O3S/c1-13-7-6-8-15(11-13)20-18(22)12-25-14(2)19(23)21-16-9-4-5-10-17(16)24-3/h4-11,14H,12H2,1-3H3,(H,20,22)(H,21,23)/t14-/m1/s1. The molecule has 5 nitrogen and oxygen atoms in total. The van der Waals surface area contributed by atoms with E-state index in [0.29, 0.717) is 11.4 Å². The molecule has 0 aliphatic heterocycles. The maximum absolute atomic E-state index is 12.3. The molecular weight excluding hydrogens is 336 g/mol. The fourth-order valence-corrected chi connectivity index (χ4v) is 2.86. The number of aryl methyl sites for hydroxylation is 1. The van der Waals surface area contributed by atoms with E-state index in [1.807, 2.05) is 43.3 Å². The Hall–Kier alpha value is -2.47. The Labute approximate surface area is 152 Å². The Morgan fingerprint density at radius 3 is 2.60 bits per heavy atom. The summed E-state index contributed by atoms with van der Waals surface area (Å²) in [5.41, 5.74) is 2.46. The first kappa shape index (κ1) is 18.9. The van der Waals surface area contributed by atoms with Crippen LogP contribution >= 0.6 is 11.8 Å². The number of benzene rings is 2. The lowest BCUT2D eigenvalue weighted by atomic mass is 10.2. The zero-order valence-corrected chi connectivity index (χ0v) is 15.4. The maximum atomic E-state index is 12.3. The molecule has 0 aromatic heterocycles. The Morgan fingerprint density at radius 2 is 1.88 bits per heavy atom. The zero-order chi connectivity index (χ0) is 18.2. The van der Waals surface area contributed by atoms with Crippen LogP contribution in [0, 0.1) is 6.92 Å². The van der Waals surface area contributed by atoms with Gasteiger partial charge in [0.15, 0.2) is 0 Å². The van der Waals surface area contributed by atoms with Crippen LogP contribution in [-0.2, 0) is 9.59 Å². The number of methoxy groups -OCH3 is 1. The summed E-state index contributed by atoms with van der Waals surface area (Å²) in [6.45, 7) is 3.74. The summed E-state index contributed by atoms with van der Waals surface area (Å²) >= 11 is 1.28. The highest BCUT2D eigenvalue weighted by molar-refractivity contribution is 8.01. The SMILES string of the molecule is COc1ccccc1NC(=O)[C@@H](C)SCC(=O)Nc1cccc(C)c1. The van der Waals surface area contributed by atoms with E-state index in [-0.39, 0.29) is 22.8 Å². The van der Waals surface area contributed by atoms with Crippen molar-refractivity contribution in [2.24, 2.45) is 0 Å². The lowest BCUT2D eigenvalue weighted by molar-refractivity contribution is -0.115. The van der Waals surface area contributed by atoms with E-state index >= 15 is 0 Å². The third-order valence-corrected chi connectivity index (χ3v) is 4.64. The van der Waals surface area contributed by atoms with Gasteiger partial charge in [-0.15, -0.1) is 11.8 Å². The summed E-state index contributed by atoms with van der Waals surface area (Å²) in [5, 5.41) is 5.29. The van der Waals surface area contributed by atoms with E-state index in [0.717, 1.165) is 11.3 Å². The van der Waals surface area contributed by atoms with Gasteiger partial charge in [0.25, 0.3) is 0 Å². The van der Waals surface area contributed by atoms with E-state index in [1.165, 1.54) is 11.8 Å². The van der Waals surface area contributed by atoms with Gasteiger partial charge in [0.1, 0.15) is 5.75 Å². The minimum absolute atomic E-state index is 0.132. The van der Waals surface area contributed by atoms with Crippen LogP contribution in [0.1, 0.15) is 12.5 Å². The van der Waals surface area contributed by atoms with Crippen molar-refractivity contribution in [2.45, 2.75) is 19.1 Å². The van der Waals surface area contributed by atoms with Gasteiger partial charge >= 0.3 is 0 Å². The number of amides is 2. The summed E-state index contributed by atoms with van der Waals surface area (Å²) in [4.78, 5) is 24.3. The molecule has 0 unspecified atom stereocenters. The normalized spacial score (nSPS) is 11.5. The molecule has 0 saturated carbocycles. The molecule has 0 fully saturated rings. The number of nitrogens with one attached hydrogen (secondary N) is 2. The van der Waals surface area contributed by atoms with Crippen molar-refractivity contribution in [1.82, 2.24) is 0 Å². The number of rotatable bonds is 7. The van der Waals surface area contributed by atoms with E-state index in [4.69, 9.17) is 4.74 Å². The molecule has 0 radical (unpaired) electrons. The Kier molecular flexibility index (Phi) is 6.89. The molecule has 0 spiro atoms. The summed E-state index contributed by atoms with van der Waals surface area (Å²) in [6.07, 6.45) is 0. The smallest absolute Gasteiger partial charge is 0.237 e. The van der Waals surface area contributed by atoms with Crippen LogP contribution in [0.4, 0.5) is 11.4 Å². The predicted molar refractivity (Wildman–Crippen MR) is 103 cm³/mol. The van der Waals surface area contributed by atoms with Crippen molar-refractivity contribution in [3.05, 3.63) is 54.1 Å². The Morgan fingerprint density at radius 1 is 1.12 bits per heavy atom. The Balaban J connectivity index is 1.83. The van der Waals surface area contributed by atoms with Gasteiger partial charge in [0.2, 0.25) is 11.8 Å².